The molecule has 0 radical (unpaired) electrons. The highest BCUT2D eigenvalue weighted by Crippen LogP contribution is 2.30. The van der Waals surface area contributed by atoms with E-state index in [4.69, 9.17) is 0 Å². The molecule has 2 unspecified atom stereocenters. The van der Waals surface area contributed by atoms with Crippen molar-refractivity contribution in [1.82, 2.24) is 25.4 Å². The summed E-state index contributed by atoms with van der Waals surface area (Å²) < 4.78 is 54.2. The number of rotatable bonds is 15. The van der Waals surface area contributed by atoms with Gasteiger partial charge in [-0.05, 0) is 96.3 Å². The molecule has 4 heterocycles. The minimum atomic E-state index is -4.40. The van der Waals surface area contributed by atoms with Gasteiger partial charge < -0.3 is 25.8 Å². The molecule has 0 saturated carbocycles. The Hall–Kier alpha value is -6.65. The van der Waals surface area contributed by atoms with Crippen LogP contribution in [0.3, 0.4) is 0 Å². The van der Waals surface area contributed by atoms with Crippen LogP contribution in [0.1, 0.15) is 54.0 Å². The van der Waals surface area contributed by atoms with Crippen LogP contribution in [0.15, 0.2) is 115 Å². The van der Waals surface area contributed by atoms with Crippen molar-refractivity contribution in [1.29, 1.82) is 0 Å². The fourth-order valence-corrected chi connectivity index (χ4v) is 8.95. The third-order valence-corrected chi connectivity index (χ3v) is 12.8. The molecule has 0 spiro atoms. The summed E-state index contributed by atoms with van der Waals surface area (Å²) in [7, 11) is 0. The summed E-state index contributed by atoms with van der Waals surface area (Å²) in [4.78, 5) is 61.4. The molecule has 3 aliphatic rings. The summed E-state index contributed by atoms with van der Waals surface area (Å²) in [5, 5.41) is 11.5. The number of imide groups is 1. The highest BCUT2D eigenvalue weighted by molar-refractivity contribution is 6.01. The van der Waals surface area contributed by atoms with E-state index in [-0.39, 0.29) is 30.0 Å². The van der Waals surface area contributed by atoms with E-state index in [1.54, 1.807) is 24.4 Å². The number of anilines is 3. The van der Waals surface area contributed by atoms with Gasteiger partial charge in [0, 0.05) is 76.2 Å². The number of hydrogen-bond donors (Lipinski definition) is 4. The van der Waals surface area contributed by atoms with Gasteiger partial charge in [0.1, 0.15) is 23.7 Å². The SMILES string of the molecule is O=C1CCC(Nc2ccc(N3CCN(CC4CCN(C(=O)Cc5ccc(-c6ccc(NC(=O)C(NCCc7ccc(C(F)(F)F)cc7)c7ccccc7)nc6)cc5)CC4)CC3)c(F)c2)C(=O)N1. The first-order chi connectivity index (χ1) is 32.3. The van der Waals surface area contributed by atoms with Gasteiger partial charge in [-0.15, -0.1) is 0 Å². The molecule has 0 bridgehead atoms. The molecule has 0 aliphatic carbocycles. The second-order valence-electron chi connectivity index (χ2n) is 17.5. The highest BCUT2D eigenvalue weighted by Gasteiger charge is 2.31. The molecule has 4 aromatic carbocycles. The quantitative estimate of drug-likeness (QED) is 0.0633. The van der Waals surface area contributed by atoms with Crippen LogP contribution in [0.25, 0.3) is 11.1 Å². The van der Waals surface area contributed by atoms with Crippen molar-refractivity contribution in [3.05, 3.63) is 143 Å². The van der Waals surface area contributed by atoms with Crippen LogP contribution in [0.2, 0.25) is 0 Å². The first-order valence-corrected chi connectivity index (χ1v) is 22.8. The fourth-order valence-electron chi connectivity index (χ4n) is 8.95. The number of pyridine rings is 1. The van der Waals surface area contributed by atoms with Crippen molar-refractivity contribution < 1.29 is 36.7 Å². The molecule has 350 valence electrons. The second kappa shape index (κ2) is 21.3. The lowest BCUT2D eigenvalue weighted by Gasteiger charge is -2.39. The van der Waals surface area contributed by atoms with E-state index in [2.05, 4.69) is 36.1 Å². The van der Waals surface area contributed by atoms with Gasteiger partial charge in [-0.2, -0.15) is 13.2 Å². The van der Waals surface area contributed by atoms with Crippen molar-refractivity contribution in [2.75, 3.05) is 67.9 Å². The van der Waals surface area contributed by atoms with E-state index < -0.39 is 29.7 Å². The van der Waals surface area contributed by atoms with Crippen molar-refractivity contribution in [2.45, 2.75) is 56.8 Å². The van der Waals surface area contributed by atoms with Crippen LogP contribution in [-0.2, 0) is 38.2 Å². The van der Waals surface area contributed by atoms with E-state index >= 15 is 4.39 Å². The number of amides is 4. The largest absolute Gasteiger partial charge is 0.416 e. The third-order valence-electron chi connectivity index (χ3n) is 12.8. The number of benzene rings is 4. The molecule has 3 aliphatic heterocycles. The maximum Gasteiger partial charge on any atom is 0.416 e. The van der Waals surface area contributed by atoms with E-state index in [1.165, 1.54) is 18.2 Å². The number of carbonyl (C=O) groups excluding carboxylic acids is 4. The van der Waals surface area contributed by atoms with Gasteiger partial charge in [0.2, 0.25) is 23.6 Å². The van der Waals surface area contributed by atoms with Gasteiger partial charge >= 0.3 is 6.18 Å². The summed E-state index contributed by atoms with van der Waals surface area (Å²) >= 11 is 0. The number of halogens is 4. The maximum atomic E-state index is 15.2. The average Bonchev–Trinajstić information content (AvgIpc) is 3.32. The predicted molar refractivity (Wildman–Crippen MR) is 248 cm³/mol. The van der Waals surface area contributed by atoms with Crippen LogP contribution < -0.4 is 26.2 Å². The molecular weight excluding hydrogens is 865 g/mol. The van der Waals surface area contributed by atoms with Crippen LogP contribution in [0, 0.1) is 11.7 Å². The molecule has 4 N–H and O–H groups in total. The molecule has 2 atom stereocenters. The number of hydrogen-bond acceptors (Lipinski definition) is 9. The van der Waals surface area contributed by atoms with E-state index in [0.29, 0.717) is 80.7 Å². The molecule has 12 nitrogen and oxygen atoms in total. The van der Waals surface area contributed by atoms with E-state index in [1.807, 2.05) is 65.6 Å². The van der Waals surface area contributed by atoms with Crippen molar-refractivity contribution >= 4 is 40.8 Å². The van der Waals surface area contributed by atoms with Crippen molar-refractivity contribution in [2.24, 2.45) is 5.92 Å². The topological polar surface area (TPSA) is 139 Å². The third kappa shape index (κ3) is 12.4. The Balaban J connectivity index is 0.755. The van der Waals surface area contributed by atoms with E-state index in [9.17, 15) is 32.3 Å². The molecule has 4 amide bonds. The first kappa shape index (κ1) is 46.9. The summed E-state index contributed by atoms with van der Waals surface area (Å²) in [5.41, 5.74) is 4.46. The minimum absolute atomic E-state index is 0.102. The zero-order chi connectivity index (χ0) is 46.9. The summed E-state index contributed by atoms with van der Waals surface area (Å²) in [6.07, 6.45) is 0.494. The van der Waals surface area contributed by atoms with Crippen LogP contribution in [-0.4, -0.2) is 96.8 Å². The molecule has 67 heavy (non-hydrogen) atoms. The zero-order valence-corrected chi connectivity index (χ0v) is 37.0. The number of carbonyl (C=O) groups is 4. The molecular formula is C51H54F4N8O4. The van der Waals surface area contributed by atoms with Gasteiger partial charge in [0.15, 0.2) is 0 Å². The first-order valence-electron chi connectivity index (χ1n) is 22.8. The summed E-state index contributed by atoms with van der Waals surface area (Å²) in [6, 6.07) is 29.3. The molecule has 16 heteroatoms. The number of nitrogens with one attached hydrogen (secondary N) is 4. The van der Waals surface area contributed by atoms with Gasteiger partial charge in [-0.25, -0.2) is 9.37 Å². The Morgan fingerprint density at radius 2 is 1.49 bits per heavy atom. The van der Waals surface area contributed by atoms with Crippen LogP contribution in [0.4, 0.5) is 34.8 Å². The maximum absolute atomic E-state index is 15.2. The minimum Gasteiger partial charge on any atom is -0.374 e. The van der Waals surface area contributed by atoms with Crippen LogP contribution >= 0.6 is 0 Å². The number of aromatic nitrogens is 1. The predicted octanol–water partition coefficient (Wildman–Crippen LogP) is 7.24. The van der Waals surface area contributed by atoms with Gasteiger partial charge in [-0.1, -0.05) is 66.7 Å². The standard InChI is InChI=1S/C51H54F4N8O4/c52-42-31-41(58-43-16-19-46(64)60-49(43)66)15-17-44(42)62-28-26-61(27-29-62)33-36-21-24-63(25-22-36)47(65)30-35-6-10-37(11-7-35)39-12-18-45(57-32-39)59-50(67)48(38-4-2-1-3-5-38)56-23-20-34-8-13-40(14-9-34)51(53,54)55/h1-15,17-18,31-32,36,43,48,56,58H,16,19-30,33H2,(H,57,59,67)(H,60,64,66). The number of alkyl halides is 3. The summed E-state index contributed by atoms with van der Waals surface area (Å²) in [6.45, 7) is 5.75. The lowest BCUT2D eigenvalue weighted by molar-refractivity contribution is -0.138. The Kier molecular flexibility index (Phi) is 14.9. The smallest absolute Gasteiger partial charge is 0.374 e. The average molecular weight is 919 g/mol. The lowest BCUT2D eigenvalue weighted by atomic mass is 9.95. The van der Waals surface area contributed by atoms with Gasteiger partial charge in [0.25, 0.3) is 0 Å². The Morgan fingerprint density at radius 3 is 2.15 bits per heavy atom. The molecule has 5 aromatic rings. The molecule has 8 rings (SSSR count). The Bertz CT molecular complexity index is 2490. The number of piperidine rings is 2. The fraction of sp³-hybridized carbons (Fsp3) is 0.353. The normalized spacial score (nSPS) is 17.8. The zero-order valence-electron chi connectivity index (χ0n) is 37.0. The van der Waals surface area contributed by atoms with E-state index in [0.717, 1.165) is 66.9 Å². The second-order valence-corrected chi connectivity index (χ2v) is 17.5. The summed E-state index contributed by atoms with van der Waals surface area (Å²) in [5.74, 6) is -0.418. The highest BCUT2D eigenvalue weighted by atomic mass is 19.4. The molecule has 3 fully saturated rings. The Morgan fingerprint density at radius 1 is 0.791 bits per heavy atom. The molecule has 1 aromatic heterocycles. The van der Waals surface area contributed by atoms with Gasteiger partial charge in [-0.3, -0.25) is 29.4 Å². The van der Waals surface area contributed by atoms with Gasteiger partial charge in [0.05, 0.1) is 17.7 Å². The monoisotopic (exact) mass is 918 g/mol. The number of nitrogens with zero attached hydrogens (tertiary/aromatic N) is 4. The Labute approximate surface area is 387 Å². The van der Waals surface area contributed by atoms with Crippen molar-refractivity contribution in [3.63, 3.8) is 0 Å². The van der Waals surface area contributed by atoms with Crippen LogP contribution in [0.5, 0.6) is 0 Å². The number of piperazine rings is 1. The van der Waals surface area contributed by atoms with Crippen molar-refractivity contribution in [3.8, 4) is 11.1 Å². The number of likely N-dealkylation sites (tertiary alicyclic amines) is 1. The lowest BCUT2D eigenvalue weighted by Crippen LogP contribution is -2.49. The molecule has 3 saturated heterocycles.